The lowest BCUT2D eigenvalue weighted by Crippen LogP contribution is -2.41. The summed E-state index contributed by atoms with van der Waals surface area (Å²) in [7, 11) is 0. The molecule has 0 aromatic heterocycles. The van der Waals surface area contributed by atoms with Gasteiger partial charge in [0.15, 0.2) is 0 Å². The average molecular weight is 387 g/mol. The minimum absolute atomic E-state index is 0.289. The van der Waals surface area contributed by atoms with Crippen molar-refractivity contribution in [3.63, 3.8) is 0 Å². The van der Waals surface area contributed by atoms with Crippen LogP contribution < -0.4 is 10.6 Å². The molecule has 8 heteroatoms. The van der Waals surface area contributed by atoms with E-state index in [0.29, 0.717) is 24.7 Å². The molecular weight excluding hydrogens is 362 g/mol. The molecule has 0 spiro atoms. The van der Waals surface area contributed by atoms with E-state index >= 15 is 0 Å². The van der Waals surface area contributed by atoms with E-state index in [1.165, 1.54) is 12.8 Å². The topological polar surface area (TPSA) is 44.4 Å². The van der Waals surface area contributed by atoms with Crippen LogP contribution in [0.4, 0.5) is 17.6 Å². The molecule has 1 aliphatic heterocycles. The van der Waals surface area contributed by atoms with Gasteiger partial charge in [-0.2, -0.15) is 13.2 Å². The van der Waals surface area contributed by atoms with Gasteiger partial charge in [0, 0.05) is 31.2 Å². The Morgan fingerprint density at radius 2 is 1.81 bits per heavy atom. The Morgan fingerprint density at radius 1 is 1.11 bits per heavy atom. The number of hydrogen-bond acceptors (Lipinski definition) is 3. The summed E-state index contributed by atoms with van der Waals surface area (Å²) in [4.78, 5) is 14.5. The molecule has 1 aromatic carbocycles. The number of carbonyl (C=O) groups excluding carboxylic acids is 1. The Hall–Kier alpha value is -1.67. The van der Waals surface area contributed by atoms with Crippen LogP contribution in [0.25, 0.3) is 0 Å². The van der Waals surface area contributed by atoms with Gasteiger partial charge in [-0.3, -0.25) is 4.79 Å². The number of nitrogens with one attached hydrogen (secondary N) is 2. The van der Waals surface area contributed by atoms with Crippen LogP contribution in [0.5, 0.6) is 0 Å². The number of hydrogen-bond donors (Lipinski definition) is 2. The number of alkyl halides is 3. The van der Waals surface area contributed by atoms with Crippen LogP contribution in [0, 0.1) is 11.7 Å². The lowest BCUT2D eigenvalue weighted by Gasteiger charge is -2.32. The van der Waals surface area contributed by atoms with Gasteiger partial charge in [0.1, 0.15) is 5.82 Å². The number of benzene rings is 1. The highest BCUT2D eigenvalue weighted by Crippen LogP contribution is 2.30. The highest BCUT2D eigenvalue weighted by molar-refractivity contribution is 5.94. The van der Waals surface area contributed by atoms with Crippen LogP contribution in [0.3, 0.4) is 0 Å². The number of likely N-dealkylation sites (tertiary alicyclic amines) is 1. The molecule has 0 bridgehead atoms. The zero-order chi connectivity index (χ0) is 19.4. The fraction of sp³-hybridized carbons (Fsp3) is 0.632. The summed E-state index contributed by atoms with van der Waals surface area (Å²) in [5, 5.41) is 6.14. The van der Waals surface area contributed by atoms with Crippen molar-refractivity contribution in [1.29, 1.82) is 0 Å². The van der Waals surface area contributed by atoms with E-state index in [2.05, 4.69) is 15.5 Å². The molecule has 0 unspecified atom stereocenters. The van der Waals surface area contributed by atoms with Gasteiger partial charge in [0.05, 0.1) is 5.56 Å². The van der Waals surface area contributed by atoms with E-state index < -0.39 is 23.5 Å². The van der Waals surface area contributed by atoms with Crippen LogP contribution in [0.2, 0.25) is 0 Å². The first kappa shape index (κ1) is 20.1. The maximum atomic E-state index is 13.4. The first-order valence-corrected chi connectivity index (χ1v) is 9.43. The molecule has 1 amide bonds. The molecule has 2 fully saturated rings. The molecule has 3 rings (SSSR count). The van der Waals surface area contributed by atoms with Gasteiger partial charge in [-0.25, -0.2) is 4.39 Å². The molecule has 27 heavy (non-hydrogen) atoms. The van der Waals surface area contributed by atoms with Gasteiger partial charge >= 0.3 is 6.18 Å². The zero-order valence-corrected chi connectivity index (χ0v) is 15.1. The molecule has 0 atom stereocenters. The van der Waals surface area contributed by atoms with Crippen molar-refractivity contribution in [1.82, 2.24) is 15.5 Å². The molecular formula is C19H25F4N3O. The number of carbonyl (C=O) groups is 1. The quantitative estimate of drug-likeness (QED) is 0.707. The van der Waals surface area contributed by atoms with Crippen LogP contribution >= 0.6 is 0 Å². The molecule has 2 N–H and O–H groups in total. The van der Waals surface area contributed by atoms with E-state index in [1.807, 2.05) is 0 Å². The van der Waals surface area contributed by atoms with E-state index in [-0.39, 0.29) is 11.5 Å². The zero-order valence-electron chi connectivity index (χ0n) is 15.1. The first-order chi connectivity index (χ1) is 12.8. The van der Waals surface area contributed by atoms with E-state index in [0.717, 1.165) is 45.1 Å². The minimum Gasteiger partial charge on any atom is -0.352 e. The van der Waals surface area contributed by atoms with Gasteiger partial charge in [-0.15, -0.1) is 0 Å². The predicted octanol–water partition coefficient (Wildman–Crippen LogP) is 3.04. The highest BCUT2D eigenvalue weighted by Gasteiger charge is 2.32. The second-order valence-corrected chi connectivity index (χ2v) is 7.45. The van der Waals surface area contributed by atoms with Crippen LogP contribution in [-0.2, 0) is 6.18 Å². The largest absolute Gasteiger partial charge is 0.416 e. The number of halogens is 4. The Kier molecular flexibility index (Phi) is 6.37. The first-order valence-electron chi connectivity index (χ1n) is 9.43. The molecule has 4 nitrogen and oxygen atoms in total. The van der Waals surface area contributed by atoms with Crippen molar-refractivity contribution in [2.45, 2.75) is 37.9 Å². The van der Waals surface area contributed by atoms with Crippen molar-refractivity contribution < 1.29 is 22.4 Å². The molecule has 1 heterocycles. The van der Waals surface area contributed by atoms with E-state index in [1.54, 1.807) is 0 Å². The smallest absolute Gasteiger partial charge is 0.352 e. The Morgan fingerprint density at radius 3 is 2.44 bits per heavy atom. The minimum atomic E-state index is -4.68. The second kappa shape index (κ2) is 8.56. The Bertz CT molecular complexity index is 653. The fourth-order valence-corrected chi connectivity index (χ4v) is 3.35. The van der Waals surface area contributed by atoms with Crippen LogP contribution in [0.1, 0.15) is 41.6 Å². The summed E-state index contributed by atoms with van der Waals surface area (Å²) in [6.07, 6.45) is -0.269. The molecule has 1 aromatic rings. The number of piperidine rings is 1. The van der Waals surface area contributed by atoms with Crippen LogP contribution in [0.15, 0.2) is 18.2 Å². The standard InChI is InChI=1S/C19H25F4N3O/c20-16-10-14(9-15(11-16)19(21,22)23)18(27)25-12-13-3-6-26(7-4-13)8-5-24-17-1-2-17/h9-11,13,17,24H,1-8,12H2,(H,25,27). The van der Waals surface area contributed by atoms with Crippen molar-refractivity contribution in [3.05, 3.63) is 35.1 Å². The van der Waals surface area contributed by atoms with Crippen molar-refractivity contribution in [3.8, 4) is 0 Å². The van der Waals surface area contributed by atoms with Gasteiger partial charge < -0.3 is 15.5 Å². The monoisotopic (exact) mass is 387 g/mol. The van der Waals surface area contributed by atoms with E-state index in [9.17, 15) is 22.4 Å². The van der Waals surface area contributed by atoms with Gasteiger partial charge in [0.2, 0.25) is 0 Å². The predicted molar refractivity (Wildman–Crippen MR) is 93.9 cm³/mol. The van der Waals surface area contributed by atoms with Crippen molar-refractivity contribution in [2.75, 3.05) is 32.7 Å². The summed E-state index contributed by atoms with van der Waals surface area (Å²) < 4.78 is 51.7. The van der Waals surface area contributed by atoms with Crippen molar-refractivity contribution in [2.24, 2.45) is 5.92 Å². The SMILES string of the molecule is O=C(NCC1CCN(CCNC2CC2)CC1)c1cc(F)cc(C(F)(F)F)c1. The normalized spacial score (nSPS) is 19.3. The number of nitrogens with zero attached hydrogens (tertiary/aromatic N) is 1. The Labute approximate surface area is 156 Å². The maximum absolute atomic E-state index is 13.4. The number of rotatable bonds is 7. The molecule has 0 radical (unpaired) electrons. The fourth-order valence-electron chi connectivity index (χ4n) is 3.35. The van der Waals surface area contributed by atoms with Crippen molar-refractivity contribution >= 4 is 5.91 Å². The third kappa shape index (κ3) is 6.17. The van der Waals surface area contributed by atoms with E-state index in [4.69, 9.17) is 0 Å². The third-order valence-electron chi connectivity index (χ3n) is 5.18. The lowest BCUT2D eigenvalue weighted by molar-refractivity contribution is -0.137. The Balaban J connectivity index is 1.42. The number of amides is 1. The molecule has 1 aliphatic carbocycles. The molecule has 150 valence electrons. The highest BCUT2D eigenvalue weighted by atomic mass is 19.4. The summed E-state index contributed by atoms with van der Waals surface area (Å²) in [6, 6.07) is 2.62. The average Bonchev–Trinajstić information content (AvgIpc) is 3.44. The van der Waals surface area contributed by atoms with Gasteiger partial charge in [0.25, 0.3) is 5.91 Å². The van der Waals surface area contributed by atoms with Crippen LogP contribution in [-0.4, -0.2) is 49.6 Å². The lowest BCUT2D eigenvalue weighted by atomic mass is 9.96. The van der Waals surface area contributed by atoms with Gasteiger partial charge in [-0.05, 0) is 62.9 Å². The summed E-state index contributed by atoms with van der Waals surface area (Å²) >= 11 is 0. The molecule has 1 saturated carbocycles. The molecule has 2 aliphatic rings. The maximum Gasteiger partial charge on any atom is 0.416 e. The summed E-state index contributed by atoms with van der Waals surface area (Å²) in [5.74, 6) is -1.45. The summed E-state index contributed by atoms with van der Waals surface area (Å²) in [5.41, 5.74) is -1.45. The molecule has 1 saturated heterocycles. The van der Waals surface area contributed by atoms with Gasteiger partial charge in [-0.1, -0.05) is 0 Å². The third-order valence-corrected chi connectivity index (χ3v) is 5.18. The summed E-state index contributed by atoms with van der Waals surface area (Å²) in [6.45, 7) is 4.30. The second-order valence-electron chi connectivity index (χ2n) is 7.45.